The molecule has 0 saturated carbocycles. The lowest BCUT2D eigenvalue weighted by Crippen LogP contribution is -2.35. The average molecular weight is 384 g/mol. The number of esters is 1. The van der Waals surface area contributed by atoms with Crippen molar-refractivity contribution in [2.75, 3.05) is 12.9 Å². The van der Waals surface area contributed by atoms with Crippen molar-refractivity contribution in [1.29, 1.82) is 0 Å². The minimum Gasteiger partial charge on any atom is -0.465 e. The molecule has 140 valence electrons. The number of nitrogens with zero attached hydrogens (tertiary/aromatic N) is 1. The second-order valence-electron chi connectivity index (χ2n) is 6.23. The summed E-state index contributed by atoms with van der Waals surface area (Å²) in [5, 5.41) is 0.360. The van der Waals surface area contributed by atoms with Crippen molar-refractivity contribution < 1.29 is 9.53 Å². The van der Waals surface area contributed by atoms with Crippen LogP contribution >= 0.6 is 11.8 Å². The molecule has 0 amide bonds. The maximum absolute atomic E-state index is 12.7. The van der Waals surface area contributed by atoms with E-state index < -0.39 is 11.7 Å². The number of carbonyl (C=O) groups is 1. The molecule has 0 spiro atoms. The van der Waals surface area contributed by atoms with E-state index in [1.807, 2.05) is 6.07 Å². The van der Waals surface area contributed by atoms with Crippen LogP contribution in [0.5, 0.6) is 0 Å². The molecule has 0 atom stereocenters. The van der Waals surface area contributed by atoms with E-state index in [-0.39, 0.29) is 11.1 Å². The standard InChI is InChI=1S/C20H20N2O4S/c1-12-4-6-15(10-13(12)2)27-9-8-22-18(23)16-7-5-14(19(24)26-3)11-17(16)21-20(22)25/h4-7,10-11H,8-9H2,1-3H3,(H,21,25). The van der Waals surface area contributed by atoms with Crippen LogP contribution < -0.4 is 11.2 Å². The number of aromatic amines is 1. The highest BCUT2D eigenvalue weighted by Crippen LogP contribution is 2.21. The maximum Gasteiger partial charge on any atom is 0.337 e. The third-order valence-electron chi connectivity index (χ3n) is 4.46. The van der Waals surface area contributed by atoms with Crippen LogP contribution in [-0.4, -0.2) is 28.4 Å². The van der Waals surface area contributed by atoms with Gasteiger partial charge in [0, 0.05) is 17.2 Å². The topological polar surface area (TPSA) is 81.2 Å². The molecule has 0 bridgehead atoms. The Morgan fingerprint density at radius 3 is 2.59 bits per heavy atom. The van der Waals surface area contributed by atoms with Gasteiger partial charge in [-0.1, -0.05) is 6.07 Å². The quantitative estimate of drug-likeness (QED) is 0.540. The summed E-state index contributed by atoms with van der Waals surface area (Å²) in [4.78, 5) is 40.4. The average Bonchev–Trinajstić information content (AvgIpc) is 2.66. The van der Waals surface area contributed by atoms with Gasteiger partial charge >= 0.3 is 11.7 Å². The number of fused-ring (bicyclic) bond motifs is 1. The van der Waals surface area contributed by atoms with Crippen molar-refractivity contribution >= 4 is 28.6 Å². The third kappa shape index (κ3) is 3.98. The molecule has 3 rings (SSSR count). The fraction of sp³-hybridized carbons (Fsp3) is 0.250. The molecule has 1 aromatic heterocycles. The highest BCUT2D eigenvalue weighted by atomic mass is 32.2. The fourth-order valence-electron chi connectivity index (χ4n) is 2.76. The number of rotatable bonds is 5. The monoisotopic (exact) mass is 384 g/mol. The van der Waals surface area contributed by atoms with Crippen LogP contribution in [0.3, 0.4) is 0 Å². The largest absolute Gasteiger partial charge is 0.465 e. The molecule has 0 aliphatic carbocycles. The van der Waals surface area contributed by atoms with Gasteiger partial charge in [-0.05, 0) is 55.3 Å². The molecule has 0 fully saturated rings. The molecule has 2 aromatic carbocycles. The zero-order valence-electron chi connectivity index (χ0n) is 15.4. The molecule has 3 aromatic rings. The summed E-state index contributed by atoms with van der Waals surface area (Å²) in [6, 6.07) is 10.7. The first kappa shape index (κ1) is 19.0. The van der Waals surface area contributed by atoms with Gasteiger partial charge in [-0.15, -0.1) is 11.8 Å². The number of ether oxygens (including phenoxy) is 1. The molecule has 6 nitrogen and oxygen atoms in total. The smallest absolute Gasteiger partial charge is 0.337 e. The highest BCUT2D eigenvalue weighted by molar-refractivity contribution is 7.99. The Hall–Kier alpha value is -2.80. The zero-order valence-corrected chi connectivity index (χ0v) is 16.2. The van der Waals surface area contributed by atoms with E-state index >= 15 is 0 Å². The normalized spacial score (nSPS) is 10.9. The zero-order chi connectivity index (χ0) is 19.6. The molecule has 7 heteroatoms. The second kappa shape index (κ2) is 7.84. The predicted octanol–water partition coefficient (Wildman–Crippen LogP) is 2.89. The van der Waals surface area contributed by atoms with E-state index in [4.69, 9.17) is 0 Å². The molecule has 0 radical (unpaired) electrons. The minimum atomic E-state index is -0.522. The molecular formula is C20H20N2O4S. The fourth-order valence-corrected chi connectivity index (χ4v) is 3.69. The van der Waals surface area contributed by atoms with E-state index in [0.717, 1.165) is 4.90 Å². The van der Waals surface area contributed by atoms with Crippen LogP contribution in [0.25, 0.3) is 10.9 Å². The van der Waals surface area contributed by atoms with Crippen molar-refractivity contribution in [3.8, 4) is 0 Å². The van der Waals surface area contributed by atoms with Gasteiger partial charge in [-0.3, -0.25) is 9.36 Å². The van der Waals surface area contributed by atoms with Gasteiger partial charge in [0.05, 0.1) is 23.6 Å². The van der Waals surface area contributed by atoms with Crippen LogP contribution in [0, 0.1) is 13.8 Å². The second-order valence-corrected chi connectivity index (χ2v) is 7.40. The van der Waals surface area contributed by atoms with Gasteiger partial charge in [0.25, 0.3) is 5.56 Å². The van der Waals surface area contributed by atoms with Crippen LogP contribution in [0.4, 0.5) is 0 Å². The summed E-state index contributed by atoms with van der Waals surface area (Å²) in [6.45, 7) is 4.41. The molecule has 1 N–H and O–H groups in total. The van der Waals surface area contributed by atoms with Crippen LogP contribution in [0.1, 0.15) is 21.5 Å². The molecule has 0 saturated heterocycles. The summed E-state index contributed by atoms with van der Waals surface area (Å²) in [6.07, 6.45) is 0. The summed E-state index contributed by atoms with van der Waals surface area (Å²) in [5.41, 5.74) is 2.19. The number of H-pyrrole nitrogens is 1. The summed E-state index contributed by atoms with van der Waals surface area (Å²) >= 11 is 1.60. The molecule has 0 aliphatic heterocycles. The Morgan fingerprint density at radius 1 is 1.11 bits per heavy atom. The highest BCUT2D eigenvalue weighted by Gasteiger charge is 2.11. The lowest BCUT2D eigenvalue weighted by molar-refractivity contribution is 0.0601. The molecule has 27 heavy (non-hydrogen) atoms. The predicted molar refractivity (Wildman–Crippen MR) is 107 cm³/mol. The van der Waals surface area contributed by atoms with Crippen LogP contribution in [-0.2, 0) is 11.3 Å². The Kier molecular flexibility index (Phi) is 5.51. The van der Waals surface area contributed by atoms with Crippen molar-refractivity contribution in [2.24, 2.45) is 0 Å². The van der Waals surface area contributed by atoms with E-state index in [1.165, 1.54) is 41.0 Å². The Morgan fingerprint density at radius 2 is 1.89 bits per heavy atom. The Bertz CT molecular complexity index is 1130. The summed E-state index contributed by atoms with van der Waals surface area (Å²) < 4.78 is 5.85. The third-order valence-corrected chi connectivity index (χ3v) is 5.44. The maximum atomic E-state index is 12.7. The van der Waals surface area contributed by atoms with Gasteiger partial charge in [0.1, 0.15) is 0 Å². The van der Waals surface area contributed by atoms with Crippen molar-refractivity contribution in [3.63, 3.8) is 0 Å². The number of thioether (sulfide) groups is 1. The van der Waals surface area contributed by atoms with E-state index in [0.29, 0.717) is 23.2 Å². The number of hydrogen-bond donors (Lipinski definition) is 1. The number of aryl methyl sites for hydroxylation is 2. The molecular weight excluding hydrogens is 364 g/mol. The number of nitrogens with one attached hydrogen (secondary N) is 1. The van der Waals surface area contributed by atoms with Crippen molar-refractivity contribution in [1.82, 2.24) is 9.55 Å². The number of benzene rings is 2. The number of methoxy groups -OCH3 is 1. The number of carbonyl (C=O) groups excluding carboxylic acids is 1. The minimum absolute atomic E-state index is 0.281. The first-order valence-electron chi connectivity index (χ1n) is 8.46. The van der Waals surface area contributed by atoms with Gasteiger partial charge in [0.15, 0.2) is 0 Å². The number of aromatic nitrogens is 2. The van der Waals surface area contributed by atoms with Gasteiger partial charge in [0.2, 0.25) is 0 Å². The molecule has 0 unspecified atom stereocenters. The first-order valence-corrected chi connectivity index (χ1v) is 9.44. The van der Waals surface area contributed by atoms with Gasteiger partial charge in [-0.25, -0.2) is 9.59 Å². The lowest BCUT2D eigenvalue weighted by atomic mass is 10.1. The molecule has 0 aliphatic rings. The summed E-state index contributed by atoms with van der Waals surface area (Å²) in [5.74, 6) is 0.0729. The van der Waals surface area contributed by atoms with Crippen molar-refractivity contribution in [3.05, 3.63) is 73.9 Å². The van der Waals surface area contributed by atoms with Gasteiger partial charge in [-0.2, -0.15) is 0 Å². The first-order chi connectivity index (χ1) is 12.9. The van der Waals surface area contributed by atoms with E-state index in [2.05, 4.69) is 35.7 Å². The number of hydrogen-bond acceptors (Lipinski definition) is 5. The Labute approximate surface area is 160 Å². The van der Waals surface area contributed by atoms with E-state index in [1.54, 1.807) is 11.8 Å². The van der Waals surface area contributed by atoms with E-state index in [9.17, 15) is 14.4 Å². The van der Waals surface area contributed by atoms with Crippen LogP contribution in [0.15, 0.2) is 50.9 Å². The van der Waals surface area contributed by atoms with Crippen LogP contribution in [0.2, 0.25) is 0 Å². The summed E-state index contributed by atoms with van der Waals surface area (Å²) in [7, 11) is 1.28. The van der Waals surface area contributed by atoms with Crippen molar-refractivity contribution in [2.45, 2.75) is 25.3 Å². The lowest BCUT2D eigenvalue weighted by Gasteiger charge is -2.08. The molecule has 1 heterocycles. The Balaban J connectivity index is 1.84. The SMILES string of the molecule is COC(=O)c1ccc2c(=O)n(CCSc3ccc(C)c(C)c3)c(=O)[nH]c2c1. The van der Waals surface area contributed by atoms with Gasteiger partial charge < -0.3 is 9.72 Å².